The summed E-state index contributed by atoms with van der Waals surface area (Å²) >= 11 is 0. The number of quaternary nitrogens is 1. The number of allylic oxidation sites excluding steroid dienone is 4. The Kier molecular flexibility index (Phi) is 38.1. The van der Waals surface area contributed by atoms with Gasteiger partial charge in [-0.05, 0) is 64.2 Å². The highest BCUT2D eigenvalue weighted by Gasteiger charge is 2.26. The third kappa shape index (κ3) is 42.1. The molecule has 0 heterocycles. The number of phosphoric acid groups is 1. The van der Waals surface area contributed by atoms with Crippen LogP contribution in [0.15, 0.2) is 24.3 Å². The van der Waals surface area contributed by atoms with E-state index in [4.69, 9.17) is 18.5 Å². The standard InChI is InChI=1S/C45H88NO7P/c1-6-8-10-12-14-16-18-20-21-22-23-24-25-26-28-30-32-34-36-38-45(47)53-44(43-52-54(48,49)51-41-39-46(3,4)5)42-50-40-37-35-33-31-29-27-19-17-15-13-11-9-7-2/h15,17,20-21,44H,6-14,16,18-19,22-43H2,1-5H3/p+1/b17-15-,21-20-. The molecule has 8 nitrogen and oxygen atoms in total. The molecule has 0 aliphatic carbocycles. The molecule has 0 saturated carbocycles. The first-order valence-corrected chi connectivity index (χ1v) is 24.1. The smallest absolute Gasteiger partial charge is 0.457 e. The summed E-state index contributed by atoms with van der Waals surface area (Å²) in [5, 5.41) is 0. The summed E-state index contributed by atoms with van der Waals surface area (Å²) in [5.74, 6) is -0.317. The number of phosphoric ester groups is 1. The summed E-state index contributed by atoms with van der Waals surface area (Å²) < 4.78 is 35.0. The van der Waals surface area contributed by atoms with Crippen molar-refractivity contribution >= 4 is 13.8 Å². The van der Waals surface area contributed by atoms with Gasteiger partial charge >= 0.3 is 13.8 Å². The van der Waals surface area contributed by atoms with Gasteiger partial charge < -0.3 is 18.9 Å². The van der Waals surface area contributed by atoms with Gasteiger partial charge in [-0.3, -0.25) is 13.8 Å². The molecule has 2 unspecified atom stereocenters. The second-order valence-corrected chi connectivity index (χ2v) is 17.9. The van der Waals surface area contributed by atoms with Gasteiger partial charge in [0.15, 0.2) is 0 Å². The van der Waals surface area contributed by atoms with Crippen molar-refractivity contribution in [2.24, 2.45) is 0 Å². The lowest BCUT2D eigenvalue weighted by Gasteiger charge is -2.24. The predicted molar refractivity (Wildman–Crippen MR) is 229 cm³/mol. The fraction of sp³-hybridized carbons (Fsp3) is 0.889. The van der Waals surface area contributed by atoms with Gasteiger partial charge in [-0.1, -0.05) is 154 Å². The lowest BCUT2D eigenvalue weighted by atomic mass is 10.1. The SMILES string of the molecule is CCCCC/C=C\CCCCCCCCOCC(COP(=O)(O)OCC[N+](C)(C)C)OC(=O)CCCCCCCCCCC/C=C\CCCCCCCC. The molecule has 2 atom stereocenters. The highest BCUT2D eigenvalue weighted by molar-refractivity contribution is 7.47. The normalized spacial score (nSPS) is 14.0. The van der Waals surface area contributed by atoms with E-state index in [0.29, 0.717) is 24.1 Å². The second kappa shape index (κ2) is 38.8. The Hall–Kier alpha value is -1.02. The van der Waals surface area contributed by atoms with E-state index in [-0.39, 0.29) is 25.8 Å². The summed E-state index contributed by atoms with van der Waals surface area (Å²) in [6.07, 6.45) is 43.5. The molecular formula is C45H89NO7P+. The molecule has 9 heteroatoms. The molecule has 0 aliphatic rings. The Morgan fingerprint density at radius 3 is 1.44 bits per heavy atom. The minimum Gasteiger partial charge on any atom is -0.457 e. The number of hydrogen-bond donors (Lipinski definition) is 1. The number of carbonyl (C=O) groups is 1. The molecule has 0 amide bonds. The molecule has 0 aliphatic heterocycles. The van der Waals surface area contributed by atoms with E-state index in [1.165, 1.54) is 148 Å². The number of esters is 1. The number of nitrogens with zero attached hydrogens (tertiary/aromatic N) is 1. The number of rotatable bonds is 42. The molecule has 0 saturated heterocycles. The van der Waals surface area contributed by atoms with Crippen LogP contribution in [0.1, 0.15) is 200 Å². The summed E-state index contributed by atoms with van der Waals surface area (Å²) in [7, 11) is 1.67. The van der Waals surface area contributed by atoms with Gasteiger partial charge in [-0.2, -0.15) is 0 Å². The van der Waals surface area contributed by atoms with Gasteiger partial charge in [0.2, 0.25) is 0 Å². The monoisotopic (exact) mass is 787 g/mol. The van der Waals surface area contributed by atoms with E-state index in [0.717, 1.165) is 32.1 Å². The van der Waals surface area contributed by atoms with E-state index in [1.807, 2.05) is 21.1 Å². The minimum atomic E-state index is -4.27. The van der Waals surface area contributed by atoms with Crippen LogP contribution in [0.2, 0.25) is 0 Å². The third-order valence-corrected chi connectivity index (χ3v) is 10.7. The van der Waals surface area contributed by atoms with Crippen molar-refractivity contribution in [3.05, 3.63) is 24.3 Å². The average Bonchev–Trinajstić information content (AvgIpc) is 3.12. The Bertz CT molecular complexity index is 920. The topological polar surface area (TPSA) is 91.3 Å². The number of ether oxygens (including phenoxy) is 2. The molecule has 0 aromatic heterocycles. The Morgan fingerprint density at radius 1 is 0.556 bits per heavy atom. The van der Waals surface area contributed by atoms with Crippen LogP contribution in [0.5, 0.6) is 0 Å². The Morgan fingerprint density at radius 2 is 0.963 bits per heavy atom. The summed E-state index contributed by atoms with van der Waals surface area (Å²) in [4.78, 5) is 22.9. The van der Waals surface area contributed by atoms with Crippen LogP contribution in [-0.2, 0) is 27.9 Å². The predicted octanol–water partition coefficient (Wildman–Crippen LogP) is 13.2. The van der Waals surface area contributed by atoms with Gasteiger partial charge in [0, 0.05) is 13.0 Å². The van der Waals surface area contributed by atoms with E-state index in [1.54, 1.807) is 0 Å². The van der Waals surface area contributed by atoms with Crippen molar-refractivity contribution < 1.29 is 37.3 Å². The van der Waals surface area contributed by atoms with Gasteiger partial charge in [0.05, 0.1) is 34.4 Å². The van der Waals surface area contributed by atoms with Crippen LogP contribution in [0, 0.1) is 0 Å². The Balaban J connectivity index is 4.19. The molecule has 0 aromatic carbocycles. The van der Waals surface area contributed by atoms with Gasteiger partial charge in [-0.25, -0.2) is 4.57 Å². The fourth-order valence-corrected chi connectivity index (χ4v) is 6.93. The maximum Gasteiger partial charge on any atom is 0.472 e. The average molecular weight is 787 g/mol. The van der Waals surface area contributed by atoms with E-state index in [2.05, 4.69) is 38.2 Å². The Labute approximate surface area is 334 Å². The van der Waals surface area contributed by atoms with Gasteiger partial charge in [0.1, 0.15) is 19.3 Å². The van der Waals surface area contributed by atoms with Gasteiger partial charge in [0.25, 0.3) is 0 Å². The van der Waals surface area contributed by atoms with E-state index in [9.17, 15) is 14.3 Å². The highest BCUT2D eigenvalue weighted by atomic mass is 31.2. The lowest BCUT2D eigenvalue weighted by molar-refractivity contribution is -0.870. The summed E-state index contributed by atoms with van der Waals surface area (Å²) in [5.41, 5.74) is 0. The number of likely N-dealkylation sites (N-methyl/N-ethyl adjacent to an activating group) is 1. The van der Waals surface area contributed by atoms with E-state index < -0.39 is 13.9 Å². The third-order valence-electron chi connectivity index (χ3n) is 9.74. The van der Waals surface area contributed by atoms with Gasteiger partial charge in [-0.15, -0.1) is 0 Å². The van der Waals surface area contributed by atoms with Crippen LogP contribution in [0.3, 0.4) is 0 Å². The maximum atomic E-state index is 12.7. The van der Waals surface area contributed by atoms with Crippen LogP contribution < -0.4 is 0 Å². The fourth-order valence-electron chi connectivity index (χ4n) is 6.19. The number of hydrogen-bond acceptors (Lipinski definition) is 6. The first kappa shape index (κ1) is 53.0. The molecule has 0 fully saturated rings. The molecule has 320 valence electrons. The van der Waals surface area contributed by atoms with Crippen molar-refractivity contribution in [2.75, 3.05) is 54.1 Å². The molecule has 0 aromatic rings. The minimum absolute atomic E-state index is 0.0883. The largest absolute Gasteiger partial charge is 0.472 e. The van der Waals surface area contributed by atoms with Crippen LogP contribution in [0.25, 0.3) is 0 Å². The molecule has 0 radical (unpaired) electrons. The quantitative estimate of drug-likeness (QED) is 0.0217. The maximum absolute atomic E-state index is 12.7. The lowest BCUT2D eigenvalue weighted by Crippen LogP contribution is -2.37. The van der Waals surface area contributed by atoms with Crippen LogP contribution in [-0.4, -0.2) is 75.6 Å². The van der Waals surface area contributed by atoms with Crippen molar-refractivity contribution in [3.63, 3.8) is 0 Å². The van der Waals surface area contributed by atoms with Crippen molar-refractivity contribution in [1.29, 1.82) is 0 Å². The molecule has 0 rings (SSSR count). The van der Waals surface area contributed by atoms with Crippen molar-refractivity contribution in [2.45, 2.75) is 206 Å². The first-order valence-electron chi connectivity index (χ1n) is 22.6. The zero-order chi connectivity index (χ0) is 39.9. The number of unbranched alkanes of at least 4 members (excludes halogenated alkanes) is 24. The summed E-state index contributed by atoms with van der Waals surface area (Å²) in [6, 6.07) is 0. The van der Waals surface area contributed by atoms with Crippen molar-refractivity contribution in [1.82, 2.24) is 0 Å². The summed E-state index contributed by atoms with van der Waals surface area (Å²) in [6.45, 7) is 5.60. The number of carbonyl (C=O) groups excluding carboxylic acids is 1. The molecule has 0 spiro atoms. The van der Waals surface area contributed by atoms with Crippen LogP contribution in [0.4, 0.5) is 0 Å². The zero-order valence-electron chi connectivity index (χ0n) is 36.2. The van der Waals surface area contributed by atoms with Crippen LogP contribution >= 0.6 is 7.82 Å². The zero-order valence-corrected chi connectivity index (χ0v) is 37.1. The first-order chi connectivity index (χ1) is 26.1. The highest BCUT2D eigenvalue weighted by Crippen LogP contribution is 2.43. The molecule has 0 bridgehead atoms. The van der Waals surface area contributed by atoms with E-state index >= 15 is 0 Å². The molecule has 1 N–H and O–H groups in total. The molecular weight excluding hydrogens is 697 g/mol. The second-order valence-electron chi connectivity index (χ2n) is 16.4. The van der Waals surface area contributed by atoms with Crippen molar-refractivity contribution in [3.8, 4) is 0 Å². The molecule has 54 heavy (non-hydrogen) atoms.